The third kappa shape index (κ3) is 2.25. The van der Waals surface area contributed by atoms with Gasteiger partial charge in [-0.1, -0.05) is 40.0 Å². The molecule has 1 aliphatic rings. The maximum absolute atomic E-state index is 10.5. The van der Waals surface area contributed by atoms with Crippen molar-refractivity contribution in [3.8, 4) is 0 Å². The fourth-order valence-corrected chi connectivity index (χ4v) is 2.77. The molecule has 1 rings (SSSR count). The van der Waals surface area contributed by atoms with Gasteiger partial charge in [0.1, 0.15) is 0 Å². The van der Waals surface area contributed by atoms with Gasteiger partial charge >= 0.3 is 0 Å². The summed E-state index contributed by atoms with van der Waals surface area (Å²) in [7, 11) is 0. The molecular formula is C12H24O. The minimum atomic E-state index is -0.353. The van der Waals surface area contributed by atoms with Gasteiger partial charge in [-0.2, -0.15) is 0 Å². The van der Waals surface area contributed by atoms with Gasteiger partial charge in [0, 0.05) is 0 Å². The minimum Gasteiger partial charge on any atom is -0.389 e. The number of rotatable bonds is 3. The predicted molar refractivity (Wildman–Crippen MR) is 56.7 cm³/mol. The van der Waals surface area contributed by atoms with Gasteiger partial charge in [-0.25, -0.2) is 0 Å². The van der Waals surface area contributed by atoms with Crippen molar-refractivity contribution in [3.05, 3.63) is 0 Å². The van der Waals surface area contributed by atoms with E-state index in [2.05, 4.69) is 20.8 Å². The summed E-state index contributed by atoms with van der Waals surface area (Å²) in [6, 6.07) is 0. The molecule has 0 spiro atoms. The highest BCUT2D eigenvalue weighted by Gasteiger charge is 2.39. The van der Waals surface area contributed by atoms with E-state index in [0.29, 0.717) is 11.8 Å². The molecule has 0 radical (unpaired) electrons. The van der Waals surface area contributed by atoms with E-state index >= 15 is 0 Å². The first-order valence-corrected chi connectivity index (χ1v) is 5.83. The molecule has 0 aromatic rings. The molecule has 0 aromatic heterocycles. The molecule has 0 bridgehead atoms. The molecule has 1 fully saturated rings. The summed E-state index contributed by atoms with van der Waals surface area (Å²) in [6.07, 6.45) is 7.12. The Kier molecular flexibility index (Phi) is 3.78. The second-order valence-electron chi connectivity index (χ2n) is 4.83. The van der Waals surface area contributed by atoms with Crippen LogP contribution >= 0.6 is 0 Å². The van der Waals surface area contributed by atoms with E-state index < -0.39 is 0 Å². The first kappa shape index (κ1) is 11.0. The van der Waals surface area contributed by atoms with Crippen LogP contribution < -0.4 is 0 Å². The van der Waals surface area contributed by atoms with Crippen LogP contribution in [0.3, 0.4) is 0 Å². The Morgan fingerprint density at radius 2 is 2.15 bits per heavy atom. The normalized spacial score (nSPS) is 37.4. The predicted octanol–water partition coefficient (Wildman–Crippen LogP) is 3.36. The molecule has 0 aliphatic heterocycles. The average molecular weight is 184 g/mol. The zero-order valence-corrected chi connectivity index (χ0v) is 9.34. The monoisotopic (exact) mass is 184 g/mol. The smallest absolute Gasteiger partial charge is 0.0698 e. The fourth-order valence-electron chi connectivity index (χ4n) is 2.77. The van der Waals surface area contributed by atoms with Crippen LogP contribution in [0.1, 0.15) is 59.3 Å². The zero-order valence-electron chi connectivity index (χ0n) is 9.34. The van der Waals surface area contributed by atoms with Gasteiger partial charge in [0.05, 0.1) is 5.60 Å². The summed E-state index contributed by atoms with van der Waals surface area (Å²) in [5, 5.41) is 10.5. The Bertz CT molecular complexity index is 155. The van der Waals surface area contributed by atoms with Crippen LogP contribution in [-0.2, 0) is 0 Å². The Morgan fingerprint density at radius 3 is 2.69 bits per heavy atom. The summed E-state index contributed by atoms with van der Waals surface area (Å²) in [6.45, 7) is 6.63. The Hall–Kier alpha value is -0.0400. The highest BCUT2D eigenvalue weighted by Crippen LogP contribution is 2.40. The highest BCUT2D eigenvalue weighted by atomic mass is 16.3. The van der Waals surface area contributed by atoms with E-state index in [0.717, 1.165) is 6.42 Å². The largest absolute Gasteiger partial charge is 0.389 e. The second kappa shape index (κ2) is 4.45. The first-order chi connectivity index (χ1) is 6.11. The van der Waals surface area contributed by atoms with E-state index in [1.807, 2.05) is 0 Å². The third-order valence-corrected chi connectivity index (χ3v) is 3.89. The van der Waals surface area contributed by atoms with E-state index in [1.165, 1.54) is 32.1 Å². The van der Waals surface area contributed by atoms with E-state index in [1.54, 1.807) is 0 Å². The van der Waals surface area contributed by atoms with Gasteiger partial charge in [0.15, 0.2) is 0 Å². The molecule has 13 heavy (non-hydrogen) atoms. The molecule has 78 valence electrons. The van der Waals surface area contributed by atoms with Crippen molar-refractivity contribution in [1.82, 2.24) is 0 Å². The lowest BCUT2D eigenvalue weighted by Crippen LogP contribution is -2.45. The molecular weight excluding hydrogens is 160 g/mol. The van der Waals surface area contributed by atoms with Gasteiger partial charge < -0.3 is 5.11 Å². The van der Waals surface area contributed by atoms with Gasteiger partial charge in [-0.05, 0) is 31.1 Å². The van der Waals surface area contributed by atoms with Crippen molar-refractivity contribution in [1.29, 1.82) is 0 Å². The molecule has 1 saturated carbocycles. The Balaban J connectivity index is 2.59. The van der Waals surface area contributed by atoms with E-state index in [-0.39, 0.29) is 5.60 Å². The quantitative estimate of drug-likeness (QED) is 0.713. The van der Waals surface area contributed by atoms with Gasteiger partial charge in [0.25, 0.3) is 0 Å². The first-order valence-electron chi connectivity index (χ1n) is 5.83. The molecule has 1 aliphatic carbocycles. The molecule has 0 aromatic carbocycles. The van der Waals surface area contributed by atoms with Crippen LogP contribution in [0.5, 0.6) is 0 Å². The van der Waals surface area contributed by atoms with Gasteiger partial charge in [-0.3, -0.25) is 0 Å². The number of aliphatic hydroxyl groups is 1. The van der Waals surface area contributed by atoms with E-state index in [9.17, 15) is 5.11 Å². The van der Waals surface area contributed by atoms with E-state index in [4.69, 9.17) is 0 Å². The highest BCUT2D eigenvalue weighted by molar-refractivity contribution is 4.91. The summed E-state index contributed by atoms with van der Waals surface area (Å²) in [5.41, 5.74) is -0.353. The molecule has 3 atom stereocenters. The van der Waals surface area contributed by atoms with Crippen molar-refractivity contribution in [3.63, 3.8) is 0 Å². The van der Waals surface area contributed by atoms with Crippen molar-refractivity contribution in [2.24, 2.45) is 11.8 Å². The molecule has 0 amide bonds. The standard InChI is InChI=1S/C12H24O/c1-4-7-10(2)12(13)9-6-5-8-11(12)3/h10-11,13H,4-9H2,1-3H3. The van der Waals surface area contributed by atoms with Crippen LogP contribution in [-0.4, -0.2) is 10.7 Å². The third-order valence-electron chi connectivity index (χ3n) is 3.89. The Labute approximate surface area is 82.5 Å². The zero-order chi connectivity index (χ0) is 9.90. The van der Waals surface area contributed by atoms with Crippen LogP contribution in [0, 0.1) is 11.8 Å². The SMILES string of the molecule is CCCC(C)C1(O)CCCCC1C. The average Bonchev–Trinajstić information content (AvgIpc) is 2.11. The summed E-state index contributed by atoms with van der Waals surface area (Å²) < 4.78 is 0. The minimum absolute atomic E-state index is 0.353. The molecule has 1 N–H and O–H groups in total. The summed E-state index contributed by atoms with van der Waals surface area (Å²) in [5.74, 6) is 0.982. The molecule has 1 heteroatoms. The van der Waals surface area contributed by atoms with Crippen molar-refractivity contribution < 1.29 is 5.11 Å². The van der Waals surface area contributed by atoms with Crippen molar-refractivity contribution in [2.45, 2.75) is 64.9 Å². The fraction of sp³-hybridized carbons (Fsp3) is 1.00. The van der Waals surface area contributed by atoms with Gasteiger partial charge in [0.2, 0.25) is 0 Å². The second-order valence-corrected chi connectivity index (χ2v) is 4.83. The molecule has 1 nitrogen and oxygen atoms in total. The van der Waals surface area contributed by atoms with Crippen LogP contribution in [0.25, 0.3) is 0 Å². The van der Waals surface area contributed by atoms with Gasteiger partial charge in [-0.15, -0.1) is 0 Å². The lowest BCUT2D eigenvalue weighted by molar-refractivity contribution is -0.0859. The number of hydrogen-bond donors (Lipinski definition) is 1. The van der Waals surface area contributed by atoms with Crippen LogP contribution in [0.15, 0.2) is 0 Å². The summed E-state index contributed by atoms with van der Waals surface area (Å²) >= 11 is 0. The molecule has 0 saturated heterocycles. The lowest BCUT2D eigenvalue weighted by Gasteiger charge is -2.42. The van der Waals surface area contributed by atoms with Crippen molar-refractivity contribution >= 4 is 0 Å². The maximum Gasteiger partial charge on any atom is 0.0698 e. The molecule has 3 unspecified atom stereocenters. The van der Waals surface area contributed by atoms with Crippen LogP contribution in [0.4, 0.5) is 0 Å². The topological polar surface area (TPSA) is 20.2 Å². The lowest BCUT2D eigenvalue weighted by atomic mass is 9.68. The summed E-state index contributed by atoms with van der Waals surface area (Å²) in [4.78, 5) is 0. The van der Waals surface area contributed by atoms with Crippen LogP contribution in [0.2, 0.25) is 0 Å². The Morgan fingerprint density at radius 1 is 1.46 bits per heavy atom. The molecule has 0 heterocycles. The number of hydrogen-bond acceptors (Lipinski definition) is 1. The van der Waals surface area contributed by atoms with Crippen molar-refractivity contribution in [2.75, 3.05) is 0 Å². The maximum atomic E-state index is 10.5.